The van der Waals surface area contributed by atoms with Crippen molar-refractivity contribution in [1.29, 1.82) is 0 Å². The summed E-state index contributed by atoms with van der Waals surface area (Å²) in [5.74, 6) is 0.876. The molecule has 0 atom stereocenters. The van der Waals surface area contributed by atoms with Gasteiger partial charge in [0.25, 0.3) is 0 Å². The molecular formula is C19H20Cl2N4OS2. The highest BCUT2D eigenvalue weighted by Gasteiger charge is 2.19. The van der Waals surface area contributed by atoms with Crippen LogP contribution >= 0.6 is 46.3 Å². The van der Waals surface area contributed by atoms with Crippen LogP contribution in [-0.4, -0.2) is 26.4 Å². The maximum Gasteiger partial charge on any atom is 0.234 e. The first kappa shape index (κ1) is 21.2. The van der Waals surface area contributed by atoms with E-state index in [-0.39, 0.29) is 17.7 Å². The van der Waals surface area contributed by atoms with Crippen molar-refractivity contribution in [1.82, 2.24) is 14.8 Å². The van der Waals surface area contributed by atoms with Crippen molar-refractivity contribution in [2.75, 3.05) is 11.1 Å². The topological polar surface area (TPSA) is 59.8 Å². The number of aromatic nitrogens is 3. The highest BCUT2D eigenvalue weighted by Crippen LogP contribution is 2.31. The Morgan fingerprint density at radius 1 is 1.21 bits per heavy atom. The van der Waals surface area contributed by atoms with Crippen LogP contribution in [0.5, 0.6) is 0 Å². The number of hydrogen-bond donors (Lipinski definition) is 1. The van der Waals surface area contributed by atoms with Crippen molar-refractivity contribution < 1.29 is 4.79 Å². The van der Waals surface area contributed by atoms with Crippen molar-refractivity contribution >= 4 is 57.9 Å². The normalized spacial score (nSPS) is 11.2. The molecule has 1 amide bonds. The van der Waals surface area contributed by atoms with E-state index in [1.165, 1.54) is 16.6 Å². The summed E-state index contributed by atoms with van der Waals surface area (Å²) in [6.07, 6.45) is 0.996. The van der Waals surface area contributed by atoms with Gasteiger partial charge in [-0.1, -0.05) is 41.9 Å². The molecule has 9 heteroatoms. The average molecular weight is 455 g/mol. The third-order valence-corrected chi connectivity index (χ3v) is 6.38. The lowest BCUT2D eigenvalue weighted by Crippen LogP contribution is -2.15. The van der Waals surface area contributed by atoms with Crippen LogP contribution in [0.2, 0.25) is 10.0 Å². The summed E-state index contributed by atoms with van der Waals surface area (Å²) in [6.45, 7) is 6.30. The Bertz CT molecular complexity index is 964. The Hall–Kier alpha value is -1.54. The lowest BCUT2D eigenvalue weighted by atomic mass is 10.2. The Labute approximate surface area is 182 Å². The molecule has 2 heterocycles. The SMILES string of the molecule is CCc1cc(-c2nnc(SCC(=O)Nc3cc(Cl)cc(Cl)c3)n2C(C)C)cs1. The van der Waals surface area contributed by atoms with Crippen LogP contribution in [0.15, 0.2) is 34.8 Å². The average Bonchev–Trinajstić information content (AvgIpc) is 3.25. The van der Waals surface area contributed by atoms with Crippen molar-refractivity contribution in [2.45, 2.75) is 38.4 Å². The lowest BCUT2D eigenvalue weighted by Gasteiger charge is -2.13. The molecule has 1 aromatic carbocycles. The number of halogens is 2. The van der Waals surface area contributed by atoms with Gasteiger partial charge in [-0.15, -0.1) is 21.5 Å². The van der Waals surface area contributed by atoms with Gasteiger partial charge in [-0.3, -0.25) is 9.36 Å². The Kier molecular flexibility index (Phi) is 7.04. The number of nitrogens with zero attached hydrogens (tertiary/aromatic N) is 3. The molecule has 0 saturated heterocycles. The molecule has 0 aliphatic carbocycles. The minimum absolute atomic E-state index is 0.160. The summed E-state index contributed by atoms with van der Waals surface area (Å²) in [4.78, 5) is 13.6. The number of nitrogens with one attached hydrogen (secondary N) is 1. The number of hydrogen-bond acceptors (Lipinski definition) is 5. The molecule has 28 heavy (non-hydrogen) atoms. The smallest absolute Gasteiger partial charge is 0.234 e. The van der Waals surface area contributed by atoms with E-state index in [0.29, 0.717) is 20.9 Å². The number of rotatable bonds is 7. The highest BCUT2D eigenvalue weighted by atomic mass is 35.5. The third-order valence-electron chi connectivity index (χ3n) is 3.92. The van der Waals surface area contributed by atoms with Gasteiger partial charge < -0.3 is 5.32 Å². The van der Waals surface area contributed by atoms with Crippen LogP contribution in [0, 0.1) is 0 Å². The molecule has 0 saturated carbocycles. The van der Waals surface area contributed by atoms with Gasteiger partial charge in [-0.25, -0.2) is 0 Å². The Balaban J connectivity index is 1.72. The molecule has 0 unspecified atom stereocenters. The molecule has 0 fully saturated rings. The van der Waals surface area contributed by atoms with Gasteiger partial charge in [0.05, 0.1) is 5.75 Å². The summed E-state index contributed by atoms with van der Waals surface area (Å²) >= 11 is 15.0. The first-order chi connectivity index (χ1) is 13.4. The van der Waals surface area contributed by atoms with Crippen LogP contribution in [0.25, 0.3) is 11.4 Å². The second kappa shape index (κ2) is 9.31. The first-order valence-corrected chi connectivity index (χ1v) is 11.4. The molecular weight excluding hydrogens is 435 g/mol. The third kappa shape index (κ3) is 5.08. The van der Waals surface area contributed by atoms with Crippen LogP contribution in [0.1, 0.15) is 31.7 Å². The monoisotopic (exact) mass is 454 g/mol. The second-order valence-electron chi connectivity index (χ2n) is 6.42. The molecule has 148 valence electrons. The van der Waals surface area contributed by atoms with E-state index in [1.807, 2.05) is 0 Å². The quantitative estimate of drug-likeness (QED) is 0.432. The predicted molar refractivity (Wildman–Crippen MR) is 119 cm³/mol. The van der Waals surface area contributed by atoms with E-state index in [1.54, 1.807) is 29.5 Å². The van der Waals surface area contributed by atoms with Crippen LogP contribution < -0.4 is 5.32 Å². The minimum Gasteiger partial charge on any atom is -0.325 e. The van der Waals surface area contributed by atoms with Gasteiger partial charge in [0.1, 0.15) is 0 Å². The molecule has 0 aliphatic heterocycles. The van der Waals surface area contributed by atoms with Gasteiger partial charge in [0.15, 0.2) is 11.0 Å². The van der Waals surface area contributed by atoms with E-state index in [2.05, 4.69) is 52.3 Å². The number of amides is 1. The van der Waals surface area contributed by atoms with Crippen molar-refractivity contribution in [2.24, 2.45) is 0 Å². The fourth-order valence-corrected chi connectivity index (χ4v) is 4.88. The number of thioether (sulfide) groups is 1. The molecule has 3 aromatic rings. The lowest BCUT2D eigenvalue weighted by molar-refractivity contribution is -0.113. The molecule has 2 aromatic heterocycles. The molecule has 5 nitrogen and oxygen atoms in total. The van der Waals surface area contributed by atoms with Gasteiger partial charge in [0, 0.05) is 37.6 Å². The van der Waals surface area contributed by atoms with E-state index in [0.717, 1.165) is 17.8 Å². The molecule has 0 bridgehead atoms. The Morgan fingerprint density at radius 3 is 2.54 bits per heavy atom. The standard InChI is InChI=1S/C19H20Cl2N4OS2/c1-4-16-5-12(9-27-16)18-23-24-19(25(18)11(2)3)28-10-17(26)22-15-7-13(20)6-14(21)8-15/h5-9,11H,4,10H2,1-3H3,(H,22,26). The van der Waals surface area contributed by atoms with Crippen molar-refractivity contribution in [3.63, 3.8) is 0 Å². The zero-order chi connectivity index (χ0) is 20.3. The summed E-state index contributed by atoms with van der Waals surface area (Å²) in [7, 11) is 0. The Morgan fingerprint density at radius 2 is 1.93 bits per heavy atom. The molecule has 0 aliphatic rings. The van der Waals surface area contributed by atoms with Crippen LogP contribution in [-0.2, 0) is 11.2 Å². The fourth-order valence-electron chi connectivity index (χ4n) is 2.67. The highest BCUT2D eigenvalue weighted by molar-refractivity contribution is 7.99. The molecule has 0 spiro atoms. The maximum absolute atomic E-state index is 12.3. The second-order valence-corrected chi connectivity index (χ2v) is 9.23. The van der Waals surface area contributed by atoms with E-state index >= 15 is 0 Å². The summed E-state index contributed by atoms with van der Waals surface area (Å²) in [5, 5.41) is 15.3. The summed E-state index contributed by atoms with van der Waals surface area (Å²) in [5.41, 5.74) is 1.63. The van der Waals surface area contributed by atoms with E-state index in [4.69, 9.17) is 23.2 Å². The van der Waals surface area contributed by atoms with E-state index in [9.17, 15) is 4.79 Å². The summed E-state index contributed by atoms with van der Waals surface area (Å²) in [6, 6.07) is 7.26. The van der Waals surface area contributed by atoms with Gasteiger partial charge in [0.2, 0.25) is 5.91 Å². The maximum atomic E-state index is 12.3. The van der Waals surface area contributed by atoms with E-state index < -0.39 is 0 Å². The van der Waals surface area contributed by atoms with Crippen molar-refractivity contribution in [3.8, 4) is 11.4 Å². The number of carbonyl (C=O) groups excluding carboxylic acids is 1. The summed E-state index contributed by atoms with van der Waals surface area (Å²) < 4.78 is 2.07. The predicted octanol–water partition coefficient (Wildman–Crippen LogP) is 6.19. The molecule has 0 radical (unpaired) electrons. The fraction of sp³-hybridized carbons (Fsp3) is 0.316. The number of aryl methyl sites for hydroxylation is 1. The first-order valence-electron chi connectivity index (χ1n) is 8.78. The van der Waals surface area contributed by atoms with Gasteiger partial charge in [-0.2, -0.15) is 0 Å². The largest absolute Gasteiger partial charge is 0.325 e. The molecule has 1 N–H and O–H groups in total. The zero-order valence-corrected chi connectivity index (χ0v) is 18.8. The number of anilines is 1. The van der Waals surface area contributed by atoms with Crippen LogP contribution in [0.4, 0.5) is 5.69 Å². The number of carbonyl (C=O) groups is 1. The number of benzene rings is 1. The van der Waals surface area contributed by atoms with Gasteiger partial charge >= 0.3 is 0 Å². The number of thiophene rings is 1. The zero-order valence-electron chi connectivity index (χ0n) is 15.7. The van der Waals surface area contributed by atoms with Crippen molar-refractivity contribution in [3.05, 3.63) is 44.6 Å². The van der Waals surface area contributed by atoms with Crippen LogP contribution in [0.3, 0.4) is 0 Å². The van der Waals surface area contributed by atoms with Gasteiger partial charge in [-0.05, 0) is 44.5 Å². The minimum atomic E-state index is -0.160. The molecule has 3 rings (SSSR count).